The fourth-order valence-corrected chi connectivity index (χ4v) is 4.56. The third-order valence-corrected chi connectivity index (χ3v) is 5.87. The number of rotatable bonds is 4. The second-order valence-electron chi connectivity index (χ2n) is 7.16. The molecule has 0 aromatic carbocycles. The molecule has 0 bridgehead atoms. The second-order valence-corrected chi connectivity index (χ2v) is 8.22. The Morgan fingerprint density at radius 1 is 1.25 bits per heavy atom. The summed E-state index contributed by atoms with van der Waals surface area (Å²) in [4.78, 5) is 9.65. The van der Waals surface area contributed by atoms with Crippen LogP contribution in [0.3, 0.4) is 0 Å². The first kappa shape index (κ1) is 16.3. The van der Waals surface area contributed by atoms with Crippen LogP contribution in [0.5, 0.6) is 0 Å². The van der Waals surface area contributed by atoms with E-state index in [1.807, 2.05) is 6.07 Å². The summed E-state index contributed by atoms with van der Waals surface area (Å²) in [5, 5.41) is 3.34. The van der Waals surface area contributed by atoms with Crippen LogP contribution in [0.1, 0.15) is 22.9 Å². The van der Waals surface area contributed by atoms with Crippen molar-refractivity contribution in [2.75, 3.05) is 39.4 Å². The van der Waals surface area contributed by atoms with Crippen LogP contribution in [0.4, 0.5) is 0 Å². The van der Waals surface area contributed by atoms with Crippen LogP contribution in [-0.4, -0.2) is 54.2 Å². The standard InChI is InChI=1S/C18H25N3O2S/c1-15-19-16(11-24-15)9-21-6-8-22-14-18(13-21)4-5-20(12-18)10-17-3-2-7-23-17/h2-3,7,11H,4-6,8-10,12-14H2,1H3/t18-/m0/s1. The Morgan fingerprint density at radius 2 is 2.12 bits per heavy atom. The lowest BCUT2D eigenvalue weighted by atomic mass is 9.87. The molecule has 24 heavy (non-hydrogen) atoms. The molecule has 1 atom stereocenters. The van der Waals surface area contributed by atoms with E-state index in [1.165, 1.54) is 12.1 Å². The molecule has 2 fully saturated rings. The maximum Gasteiger partial charge on any atom is 0.117 e. The zero-order chi connectivity index (χ0) is 16.4. The van der Waals surface area contributed by atoms with Crippen LogP contribution >= 0.6 is 11.3 Å². The first-order valence-electron chi connectivity index (χ1n) is 8.67. The van der Waals surface area contributed by atoms with Crippen molar-refractivity contribution in [3.8, 4) is 0 Å². The number of likely N-dealkylation sites (tertiary alicyclic amines) is 1. The van der Waals surface area contributed by atoms with Crippen molar-refractivity contribution in [2.45, 2.75) is 26.4 Å². The number of nitrogens with zero attached hydrogens (tertiary/aromatic N) is 3. The van der Waals surface area contributed by atoms with Gasteiger partial charge in [-0.2, -0.15) is 0 Å². The Labute approximate surface area is 147 Å². The van der Waals surface area contributed by atoms with Crippen LogP contribution in [0.15, 0.2) is 28.2 Å². The lowest BCUT2D eigenvalue weighted by Crippen LogP contribution is -2.40. The lowest BCUT2D eigenvalue weighted by Gasteiger charge is -2.31. The summed E-state index contributed by atoms with van der Waals surface area (Å²) in [5.41, 5.74) is 1.44. The Hall–Kier alpha value is -1.21. The van der Waals surface area contributed by atoms with Gasteiger partial charge in [-0.05, 0) is 32.0 Å². The molecule has 2 aromatic heterocycles. The highest BCUT2D eigenvalue weighted by atomic mass is 32.1. The zero-order valence-electron chi connectivity index (χ0n) is 14.2. The summed E-state index contributed by atoms with van der Waals surface area (Å²) in [6, 6.07) is 4.03. The van der Waals surface area contributed by atoms with Gasteiger partial charge in [-0.15, -0.1) is 11.3 Å². The zero-order valence-corrected chi connectivity index (χ0v) is 15.1. The molecule has 0 N–H and O–H groups in total. The number of hydrogen-bond donors (Lipinski definition) is 0. The van der Waals surface area contributed by atoms with Gasteiger partial charge in [0.15, 0.2) is 0 Å². The Morgan fingerprint density at radius 3 is 2.88 bits per heavy atom. The molecule has 0 unspecified atom stereocenters. The van der Waals surface area contributed by atoms with E-state index in [1.54, 1.807) is 17.6 Å². The van der Waals surface area contributed by atoms with Crippen molar-refractivity contribution < 1.29 is 9.15 Å². The van der Waals surface area contributed by atoms with Gasteiger partial charge in [-0.1, -0.05) is 0 Å². The van der Waals surface area contributed by atoms with Gasteiger partial charge in [0.1, 0.15) is 5.76 Å². The van der Waals surface area contributed by atoms with E-state index in [9.17, 15) is 0 Å². The van der Waals surface area contributed by atoms with Gasteiger partial charge < -0.3 is 9.15 Å². The van der Waals surface area contributed by atoms with E-state index in [4.69, 9.17) is 9.15 Å². The van der Waals surface area contributed by atoms with Crippen molar-refractivity contribution >= 4 is 11.3 Å². The topological polar surface area (TPSA) is 41.7 Å². The van der Waals surface area contributed by atoms with Gasteiger partial charge in [-0.25, -0.2) is 4.98 Å². The number of ether oxygens (including phenoxy) is 1. The average Bonchev–Trinajstić information content (AvgIpc) is 3.25. The fraction of sp³-hybridized carbons (Fsp3) is 0.611. The molecule has 0 amide bonds. The third-order valence-electron chi connectivity index (χ3n) is 5.05. The molecule has 2 saturated heterocycles. The van der Waals surface area contributed by atoms with E-state index in [0.29, 0.717) is 0 Å². The van der Waals surface area contributed by atoms with Gasteiger partial charge in [-0.3, -0.25) is 9.80 Å². The van der Waals surface area contributed by atoms with Crippen LogP contribution in [-0.2, 0) is 17.8 Å². The molecule has 130 valence electrons. The highest BCUT2D eigenvalue weighted by Crippen LogP contribution is 2.34. The molecular formula is C18H25N3O2S. The highest BCUT2D eigenvalue weighted by Gasteiger charge is 2.41. The summed E-state index contributed by atoms with van der Waals surface area (Å²) in [6.07, 6.45) is 2.95. The normalized spacial score (nSPS) is 26.2. The summed E-state index contributed by atoms with van der Waals surface area (Å²) >= 11 is 1.74. The minimum absolute atomic E-state index is 0.244. The van der Waals surface area contributed by atoms with Crippen LogP contribution in [0.2, 0.25) is 0 Å². The van der Waals surface area contributed by atoms with Crippen molar-refractivity contribution in [2.24, 2.45) is 5.41 Å². The number of aromatic nitrogens is 1. The maximum absolute atomic E-state index is 5.98. The van der Waals surface area contributed by atoms with Crippen LogP contribution in [0, 0.1) is 12.3 Å². The minimum Gasteiger partial charge on any atom is -0.468 e. The first-order chi connectivity index (χ1) is 11.7. The number of aryl methyl sites for hydroxylation is 1. The van der Waals surface area contributed by atoms with Crippen molar-refractivity contribution in [1.29, 1.82) is 0 Å². The van der Waals surface area contributed by atoms with Gasteiger partial charge in [0.2, 0.25) is 0 Å². The lowest BCUT2D eigenvalue weighted by molar-refractivity contribution is 0.0700. The van der Waals surface area contributed by atoms with E-state index >= 15 is 0 Å². The minimum atomic E-state index is 0.244. The van der Waals surface area contributed by atoms with Gasteiger partial charge in [0.25, 0.3) is 0 Å². The Bertz CT molecular complexity index is 657. The Kier molecular flexibility index (Phi) is 4.72. The smallest absolute Gasteiger partial charge is 0.117 e. The van der Waals surface area contributed by atoms with Gasteiger partial charge >= 0.3 is 0 Å². The van der Waals surface area contributed by atoms with E-state index in [0.717, 1.165) is 63.3 Å². The average molecular weight is 347 g/mol. The number of thiazole rings is 1. The third kappa shape index (κ3) is 3.72. The van der Waals surface area contributed by atoms with Crippen LogP contribution < -0.4 is 0 Å². The molecule has 0 saturated carbocycles. The second kappa shape index (κ2) is 6.96. The predicted octanol–water partition coefficient (Wildman–Crippen LogP) is 2.77. The molecule has 0 aliphatic carbocycles. The maximum atomic E-state index is 5.98. The molecule has 2 aliphatic rings. The number of furan rings is 1. The summed E-state index contributed by atoms with van der Waals surface area (Å²) in [5.74, 6) is 1.05. The Balaban J connectivity index is 1.40. The molecule has 6 heteroatoms. The first-order valence-corrected chi connectivity index (χ1v) is 9.55. The fourth-order valence-electron chi connectivity index (χ4n) is 3.96. The molecule has 4 rings (SSSR count). The largest absolute Gasteiger partial charge is 0.468 e. The van der Waals surface area contributed by atoms with E-state index < -0.39 is 0 Å². The molecule has 2 aliphatic heterocycles. The summed E-state index contributed by atoms with van der Waals surface area (Å²) in [7, 11) is 0. The van der Waals surface area contributed by atoms with Crippen molar-refractivity contribution in [1.82, 2.24) is 14.8 Å². The van der Waals surface area contributed by atoms with E-state index in [2.05, 4.69) is 33.2 Å². The quantitative estimate of drug-likeness (QED) is 0.851. The molecular weight excluding hydrogens is 322 g/mol. The van der Waals surface area contributed by atoms with Crippen molar-refractivity contribution in [3.63, 3.8) is 0 Å². The molecule has 1 spiro atoms. The monoisotopic (exact) mass is 347 g/mol. The van der Waals surface area contributed by atoms with Crippen molar-refractivity contribution in [3.05, 3.63) is 40.2 Å². The van der Waals surface area contributed by atoms with E-state index in [-0.39, 0.29) is 5.41 Å². The van der Waals surface area contributed by atoms with Gasteiger partial charge in [0, 0.05) is 37.0 Å². The summed E-state index contributed by atoms with van der Waals surface area (Å²) < 4.78 is 11.5. The molecule has 2 aromatic rings. The molecule has 5 nitrogen and oxygen atoms in total. The molecule has 4 heterocycles. The highest BCUT2D eigenvalue weighted by molar-refractivity contribution is 7.09. The number of hydrogen-bond acceptors (Lipinski definition) is 6. The molecule has 0 radical (unpaired) electrons. The van der Waals surface area contributed by atoms with Gasteiger partial charge in [0.05, 0.1) is 36.7 Å². The summed E-state index contributed by atoms with van der Waals surface area (Å²) in [6.45, 7) is 9.90. The predicted molar refractivity (Wildman–Crippen MR) is 94.0 cm³/mol. The van der Waals surface area contributed by atoms with Crippen LogP contribution in [0.25, 0.3) is 0 Å². The SMILES string of the molecule is Cc1nc(CN2CCOC[C@]3(CCN(Cc4ccco4)C3)C2)cs1.